The molecule has 0 radical (unpaired) electrons. The number of rotatable bonds is 5. The number of nitrogens with one attached hydrogen (secondary N) is 1. The third-order valence-corrected chi connectivity index (χ3v) is 7.39. The fourth-order valence-corrected chi connectivity index (χ4v) is 4.96. The number of aliphatic imine (C=N–C) groups is 1. The van der Waals surface area contributed by atoms with Crippen molar-refractivity contribution >= 4 is 38.1 Å². The minimum absolute atomic E-state index is 0.0312. The summed E-state index contributed by atoms with van der Waals surface area (Å²) in [5, 5.41) is 2.37. The number of sulfone groups is 1. The number of hydrogen-bond donors (Lipinski definition) is 2. The lowest BCUT2D eigenvalue weighted by Gasteiger charge is -2.25. The summed E-state index contributed by atoms with van der Waals surface area (Å²) in [5.74, 6) is -0.514. The molecular formula is C25H31F2N5O3S. The maximum Gasteiger partial charge on any atom is 0.165 e. The maximum absolute atomic E-state index is 14.5. The van der Waals surface area contributed by atoms with E-state index in [0.717, 1.165) is 5.39 Å². The summed E-state index contributed by atoms with van der Waals surface area (Å²) in [6.07, 6.45) is 7.64. The van der Waals surface area contributed by atoms with Gasteiger partial charge >= 0.3 is 0 Å². The van der Waals surface area contributed by atoms with Crippen LogP contribution in [0.25, 0.3) is 10.9 Å². The number of alkyl halides is 1. The normalized spacial score (nSPS) is 19.6. The molecule has 0 saturated heterocycles. The molecule has 0 amide bonds. The Morgan fingerprint density at radius 3 is 2.47 bits per heavy atom. The van der Waals surface area contributed by atoms with Gasteiger partial charge in [-0.2, -0.15) is 0 Å². The van der Waals surface area contributed by atoms with Crippen LogP contribution in [0, 0.1) is 5.82 Å². The van der Waals surface area contributed by atoms with Crippen LogP contribution in [0.4, 0.5) is 20.3 Å². The number of benzene rings is 1. The van der Waals surface area contributed by atoms with Gasteiger partial charge in [0, 0.05) is 22.8 Å². The predicted octanol–water partition coefficient (Wildman–Crippen LogP) is 4.88. The Labute approximate surface area is 209 Å². The second-order valence-corrected chi connectivity index (χ2v) is 10.3. The van der Waals surface area contributed by atoms with Gasteiger partial charge < -0.3 is 15.8 Å². The highest BCUT2D eigenvalue weighted by Gasteiger charge is 2.37. The van der Waals surface area contributed by atoms with Crippen molar-refractivity contribution < 1.29 is 21.9 Å². The summed E-state index contributed by atoms with van der Waals surface area (Å²) in [6.45, 7) is 2.83. The molecular weight excluding hydrogens is 488 g/mol. The van der Waals surface area contributed by atoms with Gasteiger partial charge in [0.25, 0.3) is 0 Å². The fourth-order valence-electron chi connectivity index (χ4n) is 3.41. The zero-order valence-electron chi connectivity index (χ0n) is 20.5. The van der Waals surface area contributed by atoms with Crippen LogP contribution in [0.15, 0.2) is 47.7 Å². The highest BCUT2D eigenvalue weighted by atomic mass is 32.2. The lowest BCUT2D eigenvalue weighted by molar-refractivity contribution is 0.414. The van der Waals surface area contributed by atoms with E-state index in [4.69, 9.17) is 10.5 Å². The Morgan fingerprint density at radius 2 is 1.86 bits per heavy atom. The van der Waals surface area contributed by atoms with Crippen molar-refractivity contribution in [3.05, 3.63) is 54.1 Å². The van der Waals surface area contributed by atoms with E-state index in [-0.39, 0.29) is 11.4 Å². The third kappa shape index (κ3) is 6.45. The minimum Gasteiger partial charge on any atom is -0.495 e. The molecule has 1 saturated carbocycles. The summed E-state index contributed by atoms with van der Waals surface area (Å²) in [4.78, 5) is 12.7. The van der Waals surface area contributed by atoms with Gasteiger partial charge in [0.05, 0.1) is 25.1 Å². The number of anilines is 2. The first kappa shape index (κ1) is 27.3. The standard InChI is InChI=1S/C20H19F2N5O3S.C3H6.C2H6/c1-30-13-6-11-4-5-24-20(18(11)25-9-13)26-12-2-3-15(22)14(7-12)16-10-31(28,29)17(8-21)19(23)27-16;1-2-3-1;1-2/h2-7,9,16-17H,8,10H2,1H3,(H2,23,27)(H,24,26);1-3H2;1-2H3. The number of aromatic nitrogens is 2. The van der Waals surface area contributed by atoms with Crippen molar-refractivity contribution in [3.8, 4) is 5.75 Å². The first-order valence-electron chi connectivity index (χ1n) is 11.8. The minimum atomic E-state index is -3.90. The topological polar surface area (TPSA) is 120 Å². The van der Waals surface area contributed by atoms with Gasteiger partial charge in [0.1, 0.15) is 34.8 Å². The van der Waals surface area contributed by atoms with Crippen molar-refractivity contribution in [2.75, 3.05) is 24.9 Å². The molecule has 2 aliphatic rings. The average Bonchev–Trinajstić information content (AvgIpc) is 3.75. The molecule has 194 valence electrons. The Kier molecular flexibility index (Phi) is 9.14. The highest BCUT2D eigenvalue weighted by molar-refractivity contribution is 7.92. The molecule has 0 bridgehead atoms. The van der Waals surface area contributed by atoms with Crippen LogP contribution < -0.4 is 15.8 Å². The van der Waals surface area contributed by atoms with E-state index in [1.54, 1.807) is 31.6 Å². The first-order valence-corrected chi connectivity index (χ1v) is 13.5. The molecule has 2 unspecified atom stereocenters. The second kappa shape index (κ2) is 12.1. The van der Waals surface area contributed by atoms with E-state index in [1.165, 1.54) is 37.5 Å². The van der Waals surface area contributed by atoms with Gasteiger partial charge in [-0.15, -0.1) is 0 Å². The van der Waals surface area contributed by atoms with E-state index < -0.39 is 39.4 Å². The van der Waals surface area contributed by atoms with Crippen molar-refractivity contribution in [2.45, 2.75) is 44.4 Å². The molecule has 11 heteroatoms. The molecule has 3 heterocycles. The van der Waals surface area contributed by atoms with Gasteiger partial charge in [-0.25, -0.2) is 27.2 Å². The van der Waals surface area contributed by atoms with Crippen LogP contribution in [-0.4, -0.2) is 49.0 Å². The number of nitrogens with two attached hydrogens (primary N) is 1. The van der Waals surface area contributed by atoms with Crippen molar-refractivity contribution in [2.24, 2.45) is 10.7 Å². The molecule has 3 N–H and O–H groups in total. The quantitative estimate of drug-likeness (QED) is 0.493. The number of nitrogens with zero attached hydrogens (tertiary/aromatic N) is 3. The molecule has 36 heavy (non-hydrogen) atoms. The number of halogens is 2. The van der Waals surface area contributed by atoms with E-state index in [0.29, 0.717) is 22.8 Å². The van der Waals surface area contributed by atoms with E-state index in [9.17, 15) is 17.2 Å². The summed E-state index contributed by atoms with van der Waals surface area (Å²) >= 11 is 0. The molecule has 0 spiro atoms. The zero-order chi connectivity index (χ0) is 26.3. The number of pyridine rings is 2. The monoisotopic (exact) mass is 519 g/mol. The predicted molar refractivity (Wildman–Crippen MR) is 139 cm³/mol. The first-order chi connectivity index (χ1) is 17.3. The highest BCUT2D eigenvalue weighted by Crippen LogP contribution is 2.32. The Balaban J connectivity index is 0.000000657. The van der Waals surface area contributed by atoms with Crippen LogP contribution in [0.5, 0.6) is 5.75 Å². The smallest absolute Gasteiger partial charge is 0.165 e. The summed E-state index contributed by atoms with van der Waals surface area (Å²) in [6, 6.07) is 6.62. The molecule has 8 nitrogen and oxygen atoms in total. The molecule has 1 aromatic carbocycles. The summed E-state index contributed by atoms with van der Waals surface area (Å²) in [5.41, 5.74) is 6.71. The van der Waals surface area contributed by atoms with E-state index in [2.05, 4.69) is 20.3 Å². The lowest BCUT2D eigenvalue weighted by atomic mass is 10.1. The van der Waals surface area contributed by atoms with E-state index >= 15 is 0 Å². The van der Waals surface area contributed by atoms with Crippen LogP contribution in [0.1, 0.15) is 44.7 Å². The second-order valence-electron chi connectivity index (χ2n) is 8.07. The summed E-state index contributed by atoms with van der Waals surface area (Å²) in [7, 11) is -2.35. The zero-order valence-corrected chi connectivity index (χ0v) is 21.4. The molecule has 5 rings (SSSR count). The van der Waals surface area contributed by atoms with Gasteiger partial charge in [0.15, 0.2) is 15.7 Å². The average molecular weight is 520 g/mol. The molecule has 2 aromatic heterocycles. The Morgan fingerprint density at radius 1 is 1.14 bits per heavy atom. The lowest BCUT2D eigenvalue weighted by Crippen LogP contribution is -2.44. The fraction of sp³-hybridized carbons (Fsp3) is 0.400. The number of methoxy groups -OCH3 is 1. The maximum atomic E-state index is 14.5. The largest absolute Gasteiger partial charge is 0.495 e. The van der Waals surface area contributed by atoms with Crippen molar-refractivity contribution in [1.82, 2.24) is 9.97 Å². The van der Waals surface area contributed by atoms with Crippen molar-refractivity contribution in [1.29, 1.82) is 0 Å². The van der Waals surface area contributed by atoms with Gasteiger partial charge in [-0.3, -0.25) is 4.99 Å². The van der Waals surface area contributed by atoms with Gasteiger partial charge in [-0.1, -0.05) is 33.1 Å². The molecule has 1 aliphatic carbocycles. The van der Waals surface area contributed by atoms with E-state index in [1.807, 2.05) is 13.8 Å². The Hall–Kier alpha value is -3.34. The van der Waals surface area contributed by atoms with Crippen LogP contribution in [-0.2, 0) is 9.84 Å². The number of fused-ring (bicyclic) bond motifs is 1. The number of hydrogen-bond acceptors (Lipinski definition) is 8. The van der Waals surface area contributed by atoms with Crippen molar-refractivity contribution in [3.63, 3.8) is 0 Å². The van der Waals surface area contributed by atoms with Gasteiger partial charge in [-0.05, 0) is 30.3 Å². The summed E-state index contributed by atoms with van der Waals surface area (Å²) < 4.78 is 57.4. The van der Waals surface area contributed by atoms with Gasteiger partial charge in [0.2, 0.25) is 0 Å². The Bertz CT molecular complexity index is 1330. The molecule has 2 atom stereocenters. The van der Waals surface area contributed by atoms with Crippen LogP contribution in [0.2, 0.25) is 0 Å². The third-order valence-electron chi connectivity index (χ3n) is 5.38. The molecule has 1 fully saturated rings. The number of ether oxygens (including phenoxy) is 1. The SMILES string of the molecule is C1CC1.CC.COc1cnc2c(Nc3ccc(F)c(C4CS(=O)(=O)C(CF)C(N)=N4)c3)nccc2c1. The number of amidine groups is 1. The molecule has 3 aromatic rings. The molecule has 1 aliphatic heterocycles. The van der Waals surface area contributed by atoms with Crippen LogP contribution in [0.3, 0.4) is 0 Å². The van der Waals surface area contributed by atoms with Crippen LogP contribution >= 0.6 is 0 Å².